The van der Waals surface area contributed by atoms with Crippen molar-refractivity contribution in [2.24, 2.45) is 7.05 Å². The molecule has 1 amide bonds. The summed E-state index contributed by atoms with van der Waals surface area (Å²) in [5.41, 5.74) is 2.82. The number of nitrogens with one attached hydrogen (secondary N) is 1. The average molecular weight is 316 g/mol. The van der Waals surface area contributed by atoms with Gasteiger partial charge in [-0.3, -0.25) is 9.48 Å². The van der Waals surface area contributed by atoms with Gasteiger partial charge in [-0.2, -0.15) is 5.10 Å². The molecule has 1 N–H and O–H groups in total. The maximum Gasteiger partial charge on any atom is 0.272 e. The first-order valence-corrected chi connectivity index (χ1v) is 8.00. The van der Waals surface area contributed by atoms with Crippen molar-refractivity contribution in [1.29, 1.82) is 0 Å². The van der Waals surface area contributed by atoms with E-state index in [9.17, 15) is 4.79 Å². The number of rotatable bonds is 4. The number of fused-ring (bicyclic) bond motifs is 1. The van der Waals surface area contributed by atoms with E-state index in [0.717, 1.165) is 36.3 Å². The van der Waals surface area contributed by atoms with Crippen molar-refractivity contribution in [3.05, 3.63) is 40.6 Å². The van der Waals surface area contributed by atoms with Gasteiger partial charge >= 0.3 is 0 Å². The summed E-state index contributed by atoms with van der Waals surface area (Å²) >= 11 is 0. The van der Waals surface area contributed by atoms with Crippen molar-refractivity contribution in [3.63, 3.8) is 0 Å². The largest absolute Gasteiger partial charge is 0.465 e. The minimum absolute atomic E-state index is 0.129. The summed E-state index contributed by atoms with van der Waals surface area (Å²) in [4.78, 5) is 14.8. The van der Waals surface area contributed by atoms with Gasteiger partial charge in [-0.05, 0) is 52.4 Å². The number of hydrogen-bond donors (Lipinski definition) is 1. The summed E-state index contributed by atoms with van der Waals surface area (Å²) in [5, 5.41) is 7.37. The molecule has 0 saturated heterocycles. The third kappa shape index (κ3) is 3.17. The van der Waals surface area contributed by atoms with Crippen molar-refractivity contribution < 1.29 is 9.21 Å². The molecule has 0 saturated carbocycles. The monoisotopic (exact) mass is 316 g/mol. The molecule has 6 nitrogen and oxygen atoms in total. The fourth-order valence-corrected chi connectivity index (χ4v) is 3.23. The molecule has 23 heavy (non-hydrogen) atoms. The van der Waals surface area contributed by atoms with Crippen LogP contribution in [-0.2, 0) is 26.4 Å². The number of aryl methyl sites for hydroxylation is 2. The van der Waals surface area contributed by atoms with Crippen LogP contribution in [0.3, 0.4) is 0 Å². The zero-order valence-electron chi connectivity index (χ0n) is 14.2. The highest BCUT2D eigenvalue weighted by Crippen LogP contribution is 2.26. The van der Waals surface area contributed by atoms with Crippen LogP contribution in [0.5, 0.6) is 0 Å². The van der Waals surface area contributed by atoms with Crippen LogP contribution in [-0.4, -0.2) is 40.7 Å². The minimum Gasteiger partial charge on any atom is -0.465 e. The lowest BCUT2D eigenvalue weighted by Crippen LogP contribution is -2.34. The molecule has 2 aromatic heterocycles. The normalized spacial score (nSPS) is 17.3. The summed E-state index contributed by atoms with van der Waals surface area (Å²) < 4.78 is 7.34. The minimum atomic E-state index is -0.129. The van der Waals surface area contributed by atoms with E-state index in [0.29, 0.717) is 18.3 Å². The van der Waals surface area contributed by atoms with E-state index in [4.69, 9.17) is 4.42 Å². The topological polar surface area (TPSA) is 63.3 Å². The van der Waals surface area contributed by atoms with E-state index in [-0.39, 0.29) is 5.91 Å². The Balaban J connectivity index is 1.76. The molecule has 0 bridgehead atoms. The van der Waals surface area contributed by atoms with Crippen molar-refractivity contribution >= 4 is 5.91 Å². The van der Waals surface area contributed by atoms with Gasteiger partial charge in [0.1, 0.15) is 11.5 Å². The fourth-order valence-electron chi connectivity index (χ4n) is 3.23. The number of carbonyl (C=O) groups is 1. The van der Waals surface area contributed by atoms with Gasteiger partial charge < -0.3 is 14.6 Å². The van der Waals surface area contributed by atoms with E-state index in [1.807, 2.05) is 30.8 Å². The Labute approximate surface area is 136 Å². The molecule has 0 radical (unpaired) electrons. The summed E-state index contributed by atoms with van der Waals surface area (Å²) in [5.74, 6) is 1.47. The van der Waals surface area contributed by atoms with E-state index in [1.54, 1.807) is 0 Å². The molecule has 3 rings (SSSR count). The van der Waals surface area contributed by atoms with Crippen LogP contribution in [0.2, 0.25) is 0 Å². The van der Waals surface area contributed by atoms with Crippen molar-refractivity contribution in [2.45, 2.75) is 38.8 Å². The molecule has 124 valence electrons. The number of nitrogens with zero attached hydrogens (tertiary/aromatic N) is 3. The molecule has 2 aromatic rings. The van der Waals surface area contributed by atoms with Gasteiger partial charge in [0, 0.05) is 24.3 Å². The van der Waals surface area contributed by atoms with Crippen LogP contribution in [0.4, 0.5) is 0 Å². The Morgan fingerprint density at radius 2 is 2.26 bits per heavy atom. The molecule has 1 aliphatic carbocycles. The second kappa shape index (κ2) is 6.20. The van der Waals surface area contributed by atoms with E-state index in [1.165, 1.54) is 5.69 Å². The predicted molar refractivity (Wildman–Crippen MR) is 87.3 cm³/mol. The molecular formula is C17H24N4O2. The van der Waals surface area contributed by atoms with Gasteiger partial charge in [-0.15, -0.1) is 0 Å². The lowest BCUT2D eigenvalue weighted by atomic mass is 9.90. The highest BCUT2D eigenvalue weighted by molar-refractivity contribution is 5.94. The Hall–Kier alpha value is -2.08. The van der Waals surface area contributed by atoms with Gasteiger partial charge in [-0.1, -0.05) is 0 Å². The first-order chi connectivity index (χ1) is 11.0. The van der Waals surface area contributed by atoms with Crippen LogP contribution in [0.1, 0.15) is 39.7 Å². The molecule has 2 heterocycles. The van der Waals surface area contributed by atoms with Gasteiger partial charge in [0.25, 0.3) is 5.91 Å². The molecule has 0 spiro atoms. The van der Waals surface area contributed by atoms with Crippen molar-refractivity contribution in [3.8, 4) is 0 Å². The molecule has 0 unspecified atom stereocenters. The van der Waals surface area contributed by atoms with Crippen molar-refractivity contribution in [2.75, 3.05) is 14.1 Å². The highest BCUT2D eigenvalue weighted by Gasteiger charge is 2.29. The quantitative estimate of drug-likeness (QED) is 0.932. The summed E-state index contributed by atoms with van der Waals surface area (Å²) in [6, 6.07) is 4.24. The second-order valence-electron chi connectivity index (χ2n) is 6.45. The average Bonchev–Trinajstić information content (AvgIpc) is 3.08. The van der Waals surface area contributed by atoms with Crippen LogP contribution in [0.15, 0.2) is 16.5 Å². The van der Waals surface area contributed by atoms with Crippen LogP contribution in [0, 0.1) is 6.92 Å². The van der Waals surface area contributed by atoms with Gasteiger partial charge in [0.2, 0.25) is 0 Å². The lowest BCUT2D eigenvalue weighted by molar-refractivity contribution is 0.0940. The van der Waals surface area contributed by atoms with Crippen LogP contribution >= 0.6 is 0 Å². The van der Waals surface area contributed by atoms with E-state index in [2.05, 4.69) is 29.4 Å². The third-order valence-electron chi connectivity index (χ3n) is 4.59. The predicted octanol–water partition coefficient (Wildman–Crippen LogP) is 1.67. The number of carbonyl (C=O) groups excluding carboxylic acids is 1. The Morgan fingerprint density at radius 3 is 2.91 bits per heavy atom. The van der Waals surface area contributed by atoms with E-state index >= 15 is 0 Å². The zero-order chi connectivity index (χ0) is 16.6. The van der Waals surface area contributed by atoms with Gasteiger partial charge in [0.15, 0.2) is 5.69 Å². The lowest BCUT2D eigenvalue weighted by Gasteiger charge is -2.28. The first-order valence-electron chi connectivity index (χ1n) is 8.00. The SMILES string of the molecule is Cc1ccc(CNC(=O)c2nn(C)c3c2C[C@@H](N(C)C)CC3)o1. The van der Waals surface area contributed by atoms with Gasteiger partial charge in [0.05, 0.1) is 6.54 Å². The maximum absolute atomic E-state index is 12.5. The second-order valence-corrected chi connectivity index (χ2v) is 6.45. The standard InChI is InChI=1S/C17H24N4O2/c1-11-5-7-13(23-11)10-18-17(22)16-14-9-12(20(2)3)6-8-15(14)21(4)19-16/h5,7,12H,6,8-10H2,1-4H3,(H,18,22)/t12-/m0/s1. The summed E-state index contributed by atoms with van der Waals surface area (Å²) in [6.07, 6.45) is 2.94. The summed E-state index contributed by atoms with van der Waals surface area (Å²) in [7, 11) is 6.09. The van der Waals surface area contributed by atoms with Crippen LogP contribution in [0.25, 0.3) is 0 Å². The van der Waals surface area contributed by atoms with Crippen molar-refractivity contribution in [1.82, 2.24) is 20.0 Å². The Morgan fingerprint density at radius 1 is 1.48 bits per heavy atom. The number of furan rings is 1. The molecule has 1 atom stereocenters. The highest BCUT2D eigenvalue weighted by atomic mass is 16.3. The molecule has 6 heteroatoms. The molecule has 0 aromatic carbocycles. The molecule has 0 aliphatic heterocycles. The number of likely N-dealkylation sites (N-methyl/N-ethyl adjacent to an activating group) is 1. The molecule has 0 fully saturated rings. The number of aromatic nitrogens is 2. The number of amides is 1. The molecule has 1 aliphatic rings. The summed E-state index contributed by atoms with van der Waals surface area (Å²) in [6.45, 7) is 2.27. The first kappa shape index (κ1) is 15.8. The van der Waals surface area contributed by atoms with Gasteiger partial charge in [-0.25, -0.2) is 0 Å². The maximum atomic E-state index is 12.5. The van der Waals surface area contributed by atoms with Crippen LogP contribution < -0.4 is 5.32 Å². The fraction of sp³-hybridized carbons (Fsp3) is 0.529. The smallest absolute Gasteiger partial charge is 0.272 e. The number of hydrogen-bond acceptors (Lipinski definition) is 4. The Bertz CT molecular complexity index is 714. The van der Waals surface area contributed by atoms with E-state index < -0.39 is 0 Å². The zero-order valence-corrected chi connectivity index (χ0v) is 14.2. The third-order valence-corrected chi connectivity index (χ3v) is 4.59. The molecular weight excluding hydrogens is 292 g/mol. The Kier molecular flexibility index (Phi) is 4.26.